The maximum atomic E-state index is 13.3. The van der Waals surface area contributed by atoms with E-state index in [9.17, 15) is 9.18 Å². The Morgan fingerprint density at radius 1 is 1.41 bits per heavy atom. The lowest BCUT2D eigenvalue weighted by atomic mass is 9.58. The Labute approximate surface area is 139 Å². The number of benzene rings is 1. The summed E-state index contributed by atoms with van der Waals surface area (Å²) < 4.78 is 13.8. The average molecular weight is 369 g/mol. The molecule has 1 aromatic carbocycles. The maximum absolute atomic E-state index is 13.3. The number of amides is 1. The summed E-state index contributed by atoms with van der Waals surface area (Å²) in [6.45, 7) is 0.882. The van der Waals surface area contributed by atoms with E-state index in [1.165, 1.54) is 18.9 Å². The van der Waals surface area contributed by atoms with Gasteiger partial charge in [0.2, 0.25) is 5.91 Å². The number of primary amides is 1. The standard InChI is InChI=1S/C17H22BrFN2O/c18-14-8-12(3-4-15(14)19)21-10-17-6-1-2-11(9-17)13(5-7-17)16(20)22/h3-4,8,11,13,21H,1-2,5-7,9-10H2,(H2,20,22). The van der Waals surface area contributed by atoms with Gasteiger partial charge in [0.25, 0.3) is 0 Å². The van der Waals surface area contributed by atoms with Gasteiger partial charge in [-0.1, -0.05) is 6.42 Å². The molecule has 3 atom stereocenters. The van der Waals surface area contributed by atoms with Crippen molar-refractivity contribution in [3.8, 4) is 0 Å². The molecule has 0 saturated heterocycles. The maximum Gasteiger partial charge on any atom is 0.220 e. The topological polar surface area (TPSA) is 55.1 Å². The molecule has 3 N–H and O–H groups in total. The minimum Gasteiger partial charge on any atom is -0.384 e. The van der Waals surface area contributed by atoms with Gasteiger partial charge >= 0.3 is 0 Å². The molecular formula is C17H22BrFN2O. The molecule has 0 radical (unpaired) electrons. The number of hydrogen-bond donors (Lipinski definition) is 2. The van der Waals surface area contributed by atoms with E-state index in [-0.39, 0.29) is 23.1 Å². The van der Waals surface area contributed by atoms with Gasteiger partial charge in [-0.3, -0.25) is 4.79 Å². The molecule has 1 aromatic rings. The van der Waals surface area contributed by atoms with Crippen LogP contribution in [0, 0.1) is 23.1 Å². The van der Waals surface area contributed by atoms with E-state index in [1.807, 2.05) is 0 Å². The quantitative estimate of drug-likeness (QED) is 0.841. The van der Waals surface area contributed by atoms with E-state index < -0.39 is 0 Å². The van der Waals surface area contributed by atoms with Gasteiger partial charge in [0.15, 0.2) is 0 Å². The molecule has 5 heteroatoms. The summed E-state index contributed by atoms with van der Waals surface area (Å²) in [5, 5.41) is 3.46. The van der Waals surface area contributed by atoms with E-state index in [0.29, 0.717) is 10.4 Å². The van der Waals surface area contributed by atoms with Crippen molar-refractivity contribution in [2.24, 2.45) is 23.0 Å². The van der Waals surface area contributed by atoms with E-state index in [4.69, 9.17) is 5.73 Å². The fourth-order valence-electron chi connectivity index (χ4n) is 4.29. The number of nitrogens with one attached hydrogen (secondary N) is 1. The first-order valence-corrected chi connectivity index (χ1v) is 8.77. The number of halogens is 2. The largest absolute Gasteiger partial charge is 0.384 e. The molecule has 0 spiro atoms. The Morgan fingerprint density at radius 3 is 2.95 bits per heavy atom. The lowest BCUT2D eigenvalue weighted by molar-refractivity contribution is -0.127. The summed E-state index contributed by atoms with van der Waals surface area (Å²) >= 11 is 3.22. The molecule has 2 bridgehead atoms. The first-order chi connectivity index (χ1) is 10.5. The molecule has 3 rings (SSSR count). The normalized spacial score (nSPS) is 30.8. The summed E-state index contributed by atoms with van der Waals surface area (Å²) in [5.74, 6) is 0.134. The molecule has 1 amide bonds. The lowest BCUT2D eigenvalue weighted by Gasteiger charge is -2.48. The zero-order chi connectivity index (χ0) is 15.7. The highest BCUT2D eigenvalue weighted by Gasteiger charge is 2.44. The van der Waals surface area contributed by atoms with Gasteiger partial charge in [-0.15, -0.1) is 0 Å². The van der Waals surface area contributed by atoms with Gasteiger partial charge in [-0.25, -0.2) is 4.39 Å². The van der Waals surface area contributed by atoms with Crippen LogP contribution in [0.5, 0.6) is 0 Å². The first kappa shape index (κ1) is 15.8. The molecule has 2 saturated carbocycles. The van der Waals surface area contributed by atoms with Crippen molar-refractivity contribution >= 4 is 27.5 Å². The number of carbonyl (C=O) groups is 1. The van der Waals surface area contributed by atoms with Crippen LogP contribution in [0.2, 0.25) is 0 Å². The lowest BCUT2D eigenvalue weighted by Crippen LogP contribution is -2.45. The van der Waals surface area contributed by atoms with Gasteiger partial charge in [0.1, 0.15) is 5.82 Å². The molecule has 0 heterocycles. The van der Waals surface area contributed by atoms with Crippen molar-refractivity contribution in [1.29, 1.82) is 0 Å². The van der Waals surface area contributed by atoms with Gasteiger partial charge in [0.05, 0.1) is 4.47 Å². The van der Waals surface area contributed by atoms with Gasteiger partial charge in [0, 0.05) is 18.2 Å². The van der Waals surface area contributed by atoms with Crippen LogP contribution in [0.3, 0.4) is 0 Å². The Bertz CT molecular complexity index is 580. The van der Waals surface area contributed by atoms with Gasteiger partial charge in [-0.2, -0.15) is 0 Å². The number of rotatable bonds is 4. The van der Waals surface area contributed by atoms with E-state index >= 15 is 0 Å². The fourth-order valence-corrected chi connectivity index (χ4v) is 4.67. The Balaban J connectivity index is 1.66. The summed E-state index contributed by atoms with van der Waals surface area (Å²) in [4.78, 5) is 11.6. The Hall–Kier alpha value is -1.10. The average Bonchev–Trinajstić information content (AvgIpc) is 2.48. The van der Waals surface area contributed by atoms with E-state index in [0.717, 1.165) is 37.9 Å². The molecular weight excluding hydrogens is 347 g/mol. The first-order valence-electron chi connectivity index (χ1n) is 7.97. The molecule has 2 aliphatic carbocycles. The molecule has 120 valence electrons. The second-order valence-electron chi connectivity index (χ2n) is 6.89. The highest BCUT2D eigenvalue weighted by molar-refractivity contribution is 9.10. The second kappa shape index (κ2) is 6.19. The number of fused-ring (bicyclic) bond motifs is 2. The van der Waals surface area contributed by atoms with Crippen LogP contribution < -0.4 is 11.1 Å². The van der Waals surface area contributed by atoms with E-state index in [2.05, 4.69) is 21.2 Å². The zero-order valence-electron chi connectivity index (χ0n) is 12.6. The van der Waals surface area contributed by atoms with Crippen LogP contribution in [0.15, 0.2) is 22.7 Å². The smallest absolute Gasteiger partial charge is 0.220 e. The van der Waals surface area contributed by atoms with Gasteiger partial charge < -0.3 is 11.1 Å². The van der Waals surface area contributed by atoms with Crippen molar-refractivity contribution in [2.45, 2.75) is 38.5 Å². The highest BCUT2D eigenvalue weighted by Crippen LogP contribution is 2.51. The van der Waals surface area contributed by atoms with Crippen molar-refractivity contribution in [2.75, 3.05) is 11.9 Å². The minimum absolute atomic E-state index is 0.0633. The SMILES string of the molecule is NC(=O)C1CCC2(CNc3ccc(F)c(Br)c3)CCCC1C2. The number of nitrogens with two attached hydrogens (primary N) is 1. The monoisotopic (exact) mass is 368 g/mol. The van der Waals surface area contributed by atoms with Crippen molar-refractivity contribution in [1.82, 2.24) is 0 Å². The third kappa shape index (κ3) is 3.14. The Kier molecular flexibility index (Phi) is 4.44. The fraction of sp³-hybridized carbons (Fsp3) is 0.588. The van der Waals surface area contributed by atoms with Crippen LogP contribution in [0.1, 0.15) is 38.5 Å². The van der Waals surface area contributed by atoms with Crippen molar-refractivity contribution in [3.63, 3.8) is 0 Å². The molecule has 3 nitrogen and oxygen atoms in total. The zero-order valence-corrected chi connectivity index (χ0v) is 14.2. The molecule has 0 aliphatic heterocycles. The van der Waals surface area contributed by atoms with Crippen molar-refractivity contribution < 1.29 is 9.18 Å². The van der Waals surface area contributed by atoms with Gasteiger partial charge in [-0.05, 0) is 77.6 Å². The third-order valence-corrected chi connectivity index (χ3v) is 6.09. The van der Waals surface area contributed by atoms with Crippen LogP contribution in [0.25, 0.3) is 0 Å². The molecule has 2 aliphatic rings. The van der Waals surface area contributed by atoms with Crippen LogP contribution >= 0.6 is 15.9 Å². The summed E-state index contributed by atoms with van der Waals surface area (Å²) in [6, 6.07) is 5.02. The van der Waals surface area contributed by atoms with Crippen LogP contribution in [-0.4, -0.2) is 12.5 Å². The van der Waals surface area contributed by atoms with Crippen LogP contribution in [-0.2, 0) is 4.79 Å². The predicted octanol–water partition coefficient (Wildman–Crippen LogP) is 4.07. The predicted molar refractivity (Wildman–Crippen MR) is 88.9 cm³/mol. The van der Waals surface area contributed by atoms with Crippen LogP contribution in [0.4, 0.5) is 10.1 Å². The second-order valence-corrected chi connectivity index (χ2v) is 7.74. The number of anilines is 1. The molecule has 0 aromatic heterocycles. The Morgan fingerprint density at radius 2 is 2.23 bits per heavy atom. The number of carbonyl (C=O) groups excluding carboxylic acids is 1. The minimum atomic E-state index is -0.247. The van der Waals surface area contributed by atoms with E-state index in [1.54, 1.807) is 12.1 Å². The molecule has 22 heavy (non-hydrogen) atoms. The summed E-state index contributed by atoms with van der Waals surface area (Å²) in [5.41, 5.74) is 6.74. The highest BCUT2D eigenvalue weighted by atomic mass is 79.9. The number of hydrogen-bond acceptors (Lipinski definition) is 2. The molecule has 3 unspecified atom stereocenters. The molecule has 2 fully saturated rings. The third-order valence-electron chi connectivity index (χ3n) is 5.48. The summed E-state index contributed by atoms with van der Waals surface area (Å²) in [7, 11) is 0. The summed E-state index contributed by atoms with van der Waals surface area (Å²) in [6.07, 6.45) is 6.53. The van der Waals surface area contributed by atoms with Crippen molar-refractivity contribution in [3.05, 3.63) is 28.5 Å².